The number of nitrogens with zero attached hydrogens (tertiary/aromatic N) is 1. The van der Waals surface area contributed by atoms with Crippen molar-refractivity contribution in [3.8, 4) is 5.75 Å². The van der Waals surface area contributed by atoms with Crippen molar-refractivity contribution in [3.05, 3.63) is 65.2 Å². The Hall–Kier alpha value is -2.45. The summed E-state index contributed by atoms with van der Waals surface area (Å²) in [6.07, 6.45) is 7.42. The fraction of sp³-hybridized carbons (Fsp3) is 0.581. The highest BCUT2D eigenvalue weighted by molar-refractivity contribution is 5.78. The molecular weight excluding hydrogens is 476 g/mol. The highest BCUT2D eigenvalue weighted by Gasteiger charge is 2.45. The van der Waals surface area contributed by atoms with E-state index in [2.05, 4.69) is 46.0 Å². The number of carbonyl (C=O) groups excluding carboxylic acids is 1. The molecule has 3 aliphatic rings. The number of benzene rings is 2. The average molecular weight is 521 g/mol. The number of carbonyl (C=O) groups is 1. The molecule has 4 N–H and O–H groups in total. The van der Waals surface area contributed by atoms with Crippen LogP contribution >= 0.6 is 0 Å². The first kappa shape index (κ1) is 27.1. The van der Waals surface area contributed by atoms with Crippen LogP contribution in [0.3, 0.4) is 0 Å². The van der Waals surface area contributed by atoms with E-state index < -0.39 is 12.3 Å². The van der Waals surface area contributed by atoms with Crippen molar-refractivity contribution in [1.82, 2.24) is 20.9 Å². The van der Waals surface area contributed by atoms with E-state index in [0.717, 1.165) is 62.9 Å². The highest BCUT2D eigenvalue weighted by Crippen LogP contribution is 2.49. The first-order valence-electron chi connectivity index (χ1n) is 14.6. The van der Waals surface area contributed by atoms with Crippen LogP contribution in [0.4, 0.5) is 0 Å². The topological polar surface area (TPSA) is 85.9 Å². The summed E-state index contributed by atoms with van der Waals surface area (Å²) in [7, 11) is 0. The van der Waals surface area contributed by atoms with Gasteiger partial charge in [-0.1, -0.05) is 55.8 Å². The Morgan fingerprint density at radius 3 is 2.58 bits per heavy atom. The molecule has 7 heteroatoms. The molecule has 38 heavy (non-hydrogen) atoms. The molecule has 1 spiro atoms. The van der Waals surface area contributed by atoms with Gasteiger partial charge in [-0.05, 0) is 68.8 Å². The number of hydrogen-bond donors (Lipinski definition) is 4. The quantitative estimate of drug-likeness (QED) is 0.339. The lowest BCUT2D eigenvalue weighted by atomic mass is 9.72. The lowest BCUT2D eigenvalue weighted by Gasteiger charge is -2.48. The van der Waals surface area contributed by atoms with Crippen LogP contribution in [0.5, 0.6) is 5.75 Å². The maximum atomic E-state index is 13.0. The summed E-state index contributed by atoms with van der Waals surface area (Å²) in [6, 6.07) is 16.7. The van der Waals surface area contributed by atoms with E-state index in [9.17, 15) is 9.90 Å². The summed E-state index contributed by atoms with van der Waals surface area (Å²) in [5.41, 5.74) is 3.49. The second-order valence-electron chi connectivity index (χ2n) is 11.3. The Kier molecular flexibility index (Phi) is 9.00. The normalized spacial score (nSPS) is 22.1. The smallest absolute Gasteiger partial charge is 0.235 e. The van der Waals surface area contributed by atoms with Gasteiger partial charge in [0.05, 0.1) is 12.6 Å². The van der Waals surface area contributed by atoms with Gasteiger partial charge in [0.1, 0.15) is 17.5 Å². The van der Waals surface area contributed by atoms with Gasteiger partial charge in [-0.2, -0.15) is 0 Å². The number of ether oxygens (including phenoxy) is 1. The molecule has 1 saturated heterocycles. The molecule has 2 aromatic rings. The van der Waals surface area contributed by atoms with E-state index in [4.69, 9.17) is 4.74 Å². The number of likely N-dealkylation sites (tertiary alicyclic amines) is 1. The Balaban J connectivity index is 1.25. The largest absolute Gasteiger partial charge is 0.487 e. The van der Waals surface area contributed by atoms with Gasteiger partial charge in [0.25, 0.3) is 0 Å². The standard InChI is InChI=1S/C31H44N4O3/c1-2-23-12-13-28-25(18-23)26(19-31(38-28)14-9-15-31)32-21-27(36)30(33-20-24-10-5-3-6-11-24)34-29(37)22-35-16-7-4-8-17-35/h3,5-6,10-13,18,26-27,30,32-33,36H,2,4,7-9,14-17,19-22H2,1H3,(H,34,37)/t26-,27-,30-/m1/s1. The van der Waals surface area contributed by atoms with E-state index in [1.54, 1.807) is 0 Å². The molecule has 2 aliphatic heterocycles. The van der Waals surface area contributed by atoms with Crippen LogP contribution in [-0.2, 0) is 17.8 Å². The van der Waals surface area contributed by atoms with Crippen LogP contribution in [0.15, 0.2) is 48.5 Å². The van der Waals surface area contributed by atoms with Crippen LogP contribution in [0.25, 0.3) is 0 Å². The number of aryl methyl sites for hydroxylation is 1. The van der Waals surface area contributed by atoms with Crippen molar-refractivity contribution in [2.75, 3.05) is 26.2 Å². The number of amides is 1. The van der Waals surface area contributed by atoms with Gasteiger partial charge in [0.15, 0.2) is 0 Å². The summed E-state index contributed by atoms with van der Waals surface area (Å²) >= 11 is 0. The molecule has 2 aromatic carbocycles. The van der Waals surface area contributed by atoms with Crippen molar-refractivity contribution < 1.29 is 14.6 Å². The summed E-state index contributed by atoms with van der Waals surface area (Å²) in [4.78, 5) is 15.2. The molecule has 3 atom stereocenters. The van der Waals surface area contributed by atoms with Crippen LogP contribution in [0.2, 0.25) is 0 Å². The van der Waals surface area contributed by atoms with Gasteiger partial charge < -0.3 is 20.5 Å². The van der Waals surface area contributed by atoms with Gasteiger partial charge >= 0.3 is 0 Å². The average Bonchev–Trinajstić information content (AvgIpc) is 2.93. The van der Waals surface area contributed by atoms with Gasteiger partial charge in [-0.3, -0.25) is 15.0 Å². The number of rotatable bonds is 11. The second kappa shape index (κ2) is 12.6. The van der Waals surface area contributed by atoms with E-state index >= 15 is 0 Å². The maximum absolute atomic E-state index is 13.0. The van der Waals surface area contributed by atoms with Crippen LogP contribution in [0.1, 0.15) is 74.6 Å². The monoisotopic (exact) mass is 520 g/mol. The SMILES string of the molecule is CCc1ccc2c(c1)[C@H](NC[C@@H](O)[C@H](NCc1ccccc1)NC(=O)CN1CCCCC1)CC1(CCC1)O2. The fourth-order valence-corrected chi connectivity index (χ4v) is 6.03. The number of aliphatic hydroxyl groups is 1. The first-order chi connectivity index (χ1) is 18.5. The molecule has 0 radical (unpaired) electrons. The summed E-state index contributed by atoms with van der Waals surface area (Å²) < 4.78 is 6.48. The van der Waals surface area contributed by atoms with Crippen molar-refractivity contribution in [1.29, 1.82) is 0 Å². The van der Waals surface area contributed by atoms with E-state index in [1.165, 1.54) is 24.0 Å². The molecule has 1 aliphatic carbocycles. The summed E-state index contributed by atoms with van der Waals surface area (Å²) in [5, 5.41) is 21.5. The number of aliphatic hydroxyl groups excluding tert-OH is 1. The van der Waals surface area contributed by atoms with Gasteiger partial charge in [0.2, 0.25) is 5.91 Å². The summed E-state index contributed by atoms with van der Waals surface area (Å²) in [6.45, 7) is 5.40. The van der Waals surface area contributed by atoms with Crippen LogP contribution in [0, 0.1) is 0 Å². The minimum absolute atomic E-state index is 0.0473. The Labute approximate surface area is 227 Å². The molecule has 2 fully saturated rings. The molecule has 2 heterocycles. The van der Waals surface area contributed by atoms with Crippen molar-refractivity contribution >= 4 is 5.91 Å². The minimum Gasteiger partial charge on any atom is -0.487 e. The first-order valence-corrected chi connectivity index (χ1v) is 14.6. The molecule has 0 bridgehead atoms. The predicted octanol–water partition coefficient (Wildman–Crippen LogP) is 3.66. The molecule has 0 aromatic heterocycles. The molecule has 7 nitrogen and oxygen atoms in total. The maximum Gasteiger partial charge on any atom is 0.235 e. The molecule has 5 rings (SSSR count). The van der Waals surface area contributed by atoms with E-state index in [1.807, 2.05) is 30.3 Å². The highest BCUT2D eigenvalue weighted by atomic mass is 16.5. The third kappa shape index (κ3) is 6.75. The molecular formula is C31H44N4O3. The van der Waals surface area contributed by atoms with Gasteiger partial charge in [0, 0.05) is 31.1 Å². The third-order valence-electron chi connectivity index (χ3n) is 8.48. The third-order valence-corrected chi connectivity index (χ3v) is 8.48. The Morgan fingerprint density at radius 1 is 1.08 bits per heavy atom. The lowest BCUT2D eigenvalue weighted by Crippen LogP contribution is -2.57. The lowest BCUT2D eigenvalue weighted by molar-refractivity contribution is -0.124. The molecule has 206 valence electrons. The van der Waals surface area contributed by atoms with Crippen molar-refractivity contribution in [2.45, 2.75) is 88.7 Å². The minimum atomic E-state index is -0.790. The molecule has 0 unspecified atom stereocenters. The van der Waals surface area contributed by atoms with Crippen molar-refractivity contribution in [2.24, 2.45) is 0 Å². The number of hydrogen-bond acceptors (Lipinski definition) is 6. The van der Waals surface area contributed by atoms with E-state index in [0.29, 0.717) is 19.6 Å². The van der Waals surface area contributed by atoms with Gasteiger partial charge in [-0.25, -0.2) is 0 Å². The number of piperidine rings is 1. The number of nitrogens with one attached hydrogen (secondary N) is 3. The Bertz CT molecular complexity index is 1050. The number of fused-ring (bicyclic) bond motifs is 1. The Morgan fingerprint density at radius 2 is 1.87 bits per heavy atom. The zero-order valence-corrected chi connectivity index (χ0v) is 22.8. The van der Waals surface area contributed by atoms with Gasteiger partial charge in [-0.15, -0.1) is 0 Å². The second-order valence-corrected chi connectivity index (χ2v) is 11.3. The summed E-state index contributed by atoms with van der Waals surface area (Å²) in [5.74, 6) is 0.919. The van der Waals surface area contributed by atoms with Crippen molar-refractivity contribution in [3.63, 3.8) is 0 Å². The van der Waals surface area contributed by atoms with Crippen LogP contribution < -0.4 is 20.7 Å². The van der Waals surface area contributed by atoms with E-state index in [-0.39, 0.29) is 17.6 Å². The fourth-order valence-electron chi connectivity index (χ4n) is 6.03. The molecule has 1 amide bonds. The zero-order valence-electron chi connectivity index (χ0n) is 22.8. The zero-order chi connectivity index (χ0) is 26.4. The van der Waals surface area contributed by atoms with Crippen LogP contribution in [-0.4, -0.2) is 60.0 Å². The predicted molar refractivity (Wildman–Crippen MR) is 150 cm³/mol. The molecule has 1 saturated carbocycles.